The molecule has 3 aromatic carbocycles. The summed E-state index contributed by atoms with van der Waals surface area (Å²) in [5, 5.41) is 2.04. The molecule has 2 aliphatic carbocycles. The average molecular weight is 409 g/mol. The van der Waals surface area contributed by atoms with Crippen molar-refractivity contribution in [2.45, 2.75) is 6.42 Å². The summed E-state index contributed by atoms with van der Waals surface area (Å²) in [4.78, 5) is 40.1. The summed E-state index contributed by atoms with van der Waals surface area (Å²) in [5.41, 5.74) is 0.723. The minimum atomic E-state index is -0.529. The van der Waals surface area contributed by atoms with Gasteiger partial charge in [-0.15, -0.1) is 0 Å². The van der Waals surface area contributed by atoms with Crippen LogP contribution in [0.5, 0.6) is 5.75 Å². The molecular formula is C26H19NO4. The van der Waals surface area contributed by atoms with Crippen molar-refractivity contribution in [1.29, 1.82) is 0 Å². The Bertz CT molecular complexity index is 1260. The number of fused-ring (bicyclic) bond motifs is 6. The third-order valence-electron chi connectivity index (χ3n) is 6.74. The lowest BCUT2D eigenvalue weighted by Gasteiger charge is -2.18. The van der Waals surface area contributed by atoms with E-state index in [-0.39, 0.29) is 35.5 Å². The smallest absolute Gasteiger partial charge is 0.343 e. The summed E-state index contributed by atoms with van der Waals surface area (Å²) in [6.45, 7) is 0. The fraction of sp³-hybridized carbons (Fsp3) is 0.192. The monoisotopic (exact) mass is 409 g/mol. The van der Waals surface area contributed by atoms with Crippen molar-refractivity contribution < 1.29 is 19.1 Å². The first kappa shape index (κ1) is 18.1. The second-order valence-electron chi connectivity index (χ2n) is 8.46. The van der Waals surface area contributed by atoms with Crippen molar-refractivity contribution in [2.24, 2.45) is 23.7 Å². The summed E-state index contributed by atoms with van der Waals surface area (Å²) in [6, 6.07) is 19.9. The molecule has 31 heavy (non-hydrogen) atoms. The molecular weight excluding hydrogens is 390 g/mol. The molecule has 0 unspecified atom stereocenters. The van der Waals surface area contributed by atoms with Crippen LogP contribution >= 0.6 is 0 Å². The third-order valence-corrected chi connectivity index (χ3v) is 6.74. The van der Waals surface area contributed by atoms with Crippen molar-refractivity contribution >= 4 is 34.2 Å². The molecule has 152 valence electrons. The maximum atomic E-state index is 13.0. The van der Waals surface area contributed by atoms with E-state index in [2.05, 4.69) is 12.2 Å². The van der Waals surface area contributed by atoms with E-state index in [1.807, 2.05) is 36.4 Å². The van der Waals surface area contributed by atoms with Crippen LogP contribution in [0.3, 0.4) is 0 Å². The highest BCUT2D eigenvalue weighted by Crippen LogP contribution is 2.53. The molecule has 1 saturated heterocycles. The van der Waals surface area contributed by atoms with Gasteiger partial charge in [-0.1, -0.05) is 48.6 Å². The summed E-state index contributed by atoms with van der Waals surface area (Å²) < 4.78 is 5.56. The molecule has 6 rings (SSSR count). The van der Waals surface area contributed by atoms with Crippen LogP contribution in [0.1, 0.15) is 16.8 Å². The third kappa shape index (κ3) is 2.73. The predicted octanol–water partition coefficient (Wildman–Crippen LogP) is 4.37. The molecule has 2 amide bonds. The summed E-state index contributed by atoms with van der Waals surface area (Å²) in [7, 11) is 0. The minimum Gasteiger partial charge on any atom is -0.423 e. The Morgan fingerprint density at radius 1 is 0.806 bits per heavy atom. The van der Waals surface area contributed by atoms with Crippen LogP contribution in [-0.2, 0) is 9.59 Å². The standard InChI is InChI=1S/C26H19NO4/c28-24-22-17-8-9-18(12-17)23(22)25(29)27(24)20-7-3-6-19(13-20)26(30)31-21-11-10-15-4-1-2-5-16(15)14-21/h1-11,13-14,17-18,22-23H,12H2/t17-,18-,22-,23+/m1/s1. The molecule has 3 aromatic rings. The number of ether oxygens (including phenoxy) is 1. The number of amides is 2. The number of anilines is 1. The number of hydrogen-bond acceptors (Lipinski definition) is 4. The quantitative estimate of drug-likeness (QED) is 0.279. The number of imide groups is 1. The molecule has 0 radical (unpaired) electrons. The van der Waals surface area contributed by atoms with Gasteiger partial charge in [-0.2, -0.15) is 0 Å². The fourth-order valence-corrected chi connectivity index (χ4v) is 5.33. The zero-order valence-electron chi connectivity index (χ0n) is 16.6. The molecule has 1 heterocycles. The molecule has 2 fully saturated rings. The first-order valence-electron chi connectivity index (χ1n) is 10.5. The van der Waals surface area contributed by atoms with Crippen molar-refractivity contribution in [3.63, 3.8) is 0 Å². The normalized spacial score (nSPS) is 26.0. The van der Waals surface area contributed by atoms with E-state index >= 15 is 0 Å². The number of allylic oxidation sites excluding steroid dienone is 2. The number of carbonyl (C=O) groups is 3. The molecule has 4 atom stereocenters. The minimum absolute atomic E-state index is 0.150. The van der Waals surface area contributed by atoms with Crippen LogP contribution in [0.25, 0.3) is 10.8 Å². The lowest BCUT2D eigenvalue weighted by Crippen LogP contribution is -2.33. The van der Waals surface area contributed by atoms with Crippen LogP contribution in [0.2, 0.25) is 0 Å². The van der Waals surface area contributed by atoms with Gasteiger partial charge in [-0.05, 0) is 59.4 Å². The van der Waals surface area contributed by atoms with E-state index in [4.69, 9.17) is 4.74 Å². The van der Waals surface area contributed by atoms with Crippen LogP contribution in [0.4, 0.5) is 5.69 Å². The molecule has 0 aromatic heterocycles. The van der Waals surface area contributed by atoms with Crippen molar-refractivity contribution in [3.8, 4) is 5.75 Å². The molecule has 1 aliphatic heterocycles. The molecule has 2 bridgehead atoms. The average Bonchev–Trinajstić information content (AvgIpc) is 3.47. The number of nitrogens with zero attached hydrogens (tertiary/aromatic N) is 1. The van der Waals surface area contributed by atoms with Crippen LogP contribution in [-0.4, -0.2) is 17.8 Å². The Kier molecular flexibility index (Phi) is 3.87. The summed E-state index contributed by atoms with van der Waals surface area (Å²) in [5.74, 6) is -0.641. The Balaban J connectivity index is 1.26. The van der Waals surface area contributed by atoms with Gasteiger partial charge in [0.2, 0.25) is 11.8 Å². The highest BCUT2D eigenvalue weighted by atomic mass is 16.5. The number of rotatable bonds is 3. The van der Waals surface area contributed by atoms with Gasteiger partial charge in [0.25, 0.3) is 0 Å². The van der Waals surface area contributed by atoms with Gasteiger partial charge in [-0.3, -0.25) is 9.59 Å². The van der Waals surface area contributed by atoms with Crippen LogP contribution in [0, 0.1) is 23.7 Å². The number of esters is 1. The number of benzene rings is 3. The Morgan fingerprint density at radius 3 is 2.26 bits per heavy atom. The van der Waals surface area contributed by atoms with Crippen molar-refractivity contribution in [2.75, 3.05) is 4.90 Å². The first-order valence-corrected chi connectivity index (χ1v) is 10.5. The zero-order chi connectivity index (χ0) is 21.1. The van der Waals surface area contributed by atoms with Gasteiger partial charge < -0.3 is 4.74 Å². The van der Waals surface area contributed by atoms with E-state index in [1.165, 1.54) is 4.90 Å². The van der Waals surface area contributed by atoms with Gasteiger partial charge in [0.1, 0.15) is 5.75 Å². The lowest BCUT2D eigenvalue weighted by molar-refractivity contribution is -0.123. The highest BCUT2D eigenvalue weighted by molar-refractivity contribution is 6.23. The van der Waals surface area contributed by atoms with Crippen molar-refractivity contribution in [3.05, 3.63) is 84.4 Å². The van der Waals surface area contributed by atoms with E-state index < -0.39 is 5.97 Å². The van der Waals surface area contributed by atoms with Gasteiger partial charge in [-0.25, -0.2) is 9.69 Å². The molecule has 5 nitrogen and oxygen atoms in total. The molecule has 1 saturated carbocycles. The Hall–Kier alpha value is -3.73. The first-order chi connectivity index (χ1) is 15.1. The van der Waals surface area contributed by atoms with E-state index in [1.54, 1.807) is 30.3 Å². The largest absolute Gasteiger partial charge is 0.423 e. The van der Waals surface area contributed by atoms with Gasteiger partial charge >= 0.3 is 5.97 Å². The zero-order valence-corrected chi connectivity index (χ0v) is 16.6. The predicted molar refractivity (Wildman–Crippen MR) is 116 cm³/mol. The van der Waals surface area contributed by atoms with E-state index in [0.717, 1.165) is 17.2 Å². The molecule has 0 spiro atoms. The lowest BCUT2D eigenvalue weighted by atomic mass is 9.85. The number of carbonyl (C=O) groups excluding carboxylic acids is 3. The topological polar surface area (TPSA) is 63.7 Å². The second kappa shape index (κ2) is 6.64. The number of hydrogen-bond donors (Lipinski definition) is 0. The van der Waals surface area contributed by atoms with Gasteiger partial charge in [0.15, 0.2) is 0 Å². The summed E-state index contributed by atoms with van der Waals surface area (Å²) in [6.07, 6.45) is 5.02. The Morgan fingerprint density at radius 2 is 1.52 bits per heavy atom. The van der Waals surface area contributed by atoms with Crippen molar-refractivity contribution in [1.82, 2.24) is 0 Å². The van der Waals surface area contributed by atoms with Gasteiger partial charge in [0.05, 0.1) is 23.1 Å². The molecule has 5 heteroatoms. The fourth-order valence-electron chi connectivity index (χ4n) is 5.33. The van der Waals surface area contributed by atoms with Crippen LogP contribution < -0.4 is 9.64 Å². The van der Waals surface area contributed by atoms with Crippen LogP contribution in [0.15, 0.2) is 78.9 Å². The van der Waals surface area contributed by atoms with Gasteiger partial charge in [0, 0.05) is 0 Å². The highest BCUT2D eigenvalue weighted by Gasteiger charge is 2.59. The van der Waals surface area contributed by atoms with E-state index in [9.17, 15) is 14.4 Å². The Labute approximate surface area is 178 Å². The maximum Gasteiger partial charge on any atom is 0.343 e. The SMILES string of the molecule is O=C(Oc1ccc2ccccc2c1)c1cccc(N2C(=O)[C@@H]3[C@H](C2=O)[C@@H]2C=C[C@@H]3C2)c1. The molecule has 3 aliphatic rings. The summed E-state index contributed by atoms with van der Waals surface area (Å²) >= 11 is 0. The van der Waals surface area contributed by atoms with E-state index in [0.29, 0.717) is 17.0 Å². The second-order valence-corrected chi connectivity index (χ2v) is 8.46. The molecule has 0 N–H and O–H groups in total. The maximum absolute atomic E-state index is 13.0.